The van der Waals surface area contributed by atoms with E-state index in [4.69, 9.17) is 10.9 Å². The fraction of sp³-hybridized carbons (Fsp3) is 0.600. The Kier molecular flexibility index (Phi) is 4.30. The minimum Gasteiger partial charge on any atom is -0.409 e. The number of amidine groups is 1. The predicted molar refractivity (Wildman–Crippen MR) is 62.4 cm³/mol. The molecule has 90 valence electrons. The van der Waals surface area contributed by atoms with Crippen molar-refractivity contribution in [1.29, 1.82) is 0 Å². The highest BCUT2D eigenvalue weighted by atomic mass is 16.4. The van der Waals surface area contributed by atoms with Gasteiger partial charge in [-0.3, -0.25) is 9.58 Å². The average Bonchev–Trinajstić information content (AvgIpc) is 2.65. The first-order valence-electron chi connectivity index (χ1n) is 5.22. The van der Waals surface area contributed by atoms with Gasteiger partial charge in [0.05, 0.1) is 12.2 Å². The van der Waals surface area contributed by atoms with Crippen LogP contribution >= 0.6 is 0 Å². The van der Waals surface area contributed by atoms with Crippen LogP contribution in [-0.4, -0.2) is 39.3 Å². The molecule has 0 aliphatic carbocycles. The van der Waals surface area contributed by atoms with Crippen molar-refractivity contribution >= 4 is 5.84 Å². The molecule has 1 aromatic rings. The lowest BCUT2D eigenvalue weighted by Gasteiger charge is -2.13. The van der Waals surface area contributed by atoms with Crippen LogP contribution in [0.2, 0.25) is 0 Å². The summed E-state index contributed by atoms with van der Waals surface area (Å²) in [6.45, 7) is 5.26. The highest BCUT2D eigenvalue weighted by Crippen LogP contribution is 2.05. The molecule has 0 radical (unpaired) electrons. The van der Waals surface area contributed by atoms with Crippen LogP contribution in [0.25, 0.3) is 0 Å². The third kappa shape index (κ3) is 3.54. The highest BCUT2D eigenvalue weighted by molar-refractivity contribution is 5.81. The van der Waals surface area contributed by atoms with Gasteiger partial charge in [0, 0.05) is 18.8 Å². The largest absolute Gasteiger partial charge is 0.409 e. The number of rotatable bonds is 5. The normalized spacial score (nSPS) is 12.7. The van der Waals surface area contributed by atoms with Gasteiger partial charge in [0.2, 0.25) is 0 Å². The first kappa shape index (κ1) is 12.5. The van der Waals surface area contributed by atoms with E-state index in [1.165, 1.54) is 0 Å². The maximum absolute atomic E-state index is 8.44. The van der Waals surface area contributed by atoms with Gasteiger partial charge in [0.1, 0.15) is 0 Å². The molecule has 0 bridgehead atoms. The summed E-state index contributed by atoms with van der Waals surface area (Å²) in [5.41, 5.74) is 6.39. The van der Waals surface area contributed by atoms with Crippen molar-refractivity contribution in [2.24, 2.45) is 10.9 Å². The molecule has 16 heavy (non-hydrogen) atoms. The summed E-state index contributed by atoms with van der Waals surface area (Å²) >= 11 is 0. The van der Waals surface area contributed by atoms with Crippen LogP contribution in [0.1, 0.15) is 25.6 Å². The molecular weight excluding hydrogens is 206 g/mol. The predicted octanol–water partition coefficient (Wildman–Crippen LogP) is 0.642. The minimum atomic E-state index is 0.200. The zero-order valence-corrected chi connectivity index (χ0v) is 9.96. The molecule has 1 aromatic heterocycles. The van der Waals surface area contributed by atoms with Crippen molar-refractivity contribution in [2.45, 2.75) is 26.4 Å². The second kappa shape index (κ2) is 5.50. The van der Waals surface area contributed by atoms with Gasteiger partial charge in [0.25, 0.3) is 0 Å². The molecule has 0 saturated heterocycles. The molecule has 0 amide bonds. The average molecular weight is 225 g/mol. The molecular formula is C10H19N5O. The molecule has 0 saturated carbocycles. The Labute approximate surface area is 95.3 Å². The minimum absolute atomic E-state index is 0.200. The first-order valence-corrected chi connectivity index (χ1v) is 5.22. The smallest absolute Gasteiger partial charge is 0.153 e. The molecule has 1 rings (SSSR count). The van der Waals surface area contributed by atoms with E-state index < -0.39 is 0 Å². The third-order valence-electron chi connectivity index (χ3n) is 2.18. The van der Waals surface area contributed by atoms with Crippen molar-refractivity contribution in [2.75, 3.05) is 13.6 Å². The number of likely N-dealkylation sites (N-methyl/N-ethyl adjacent to an activating group) is 1. The van der Waals surface area contributed by atoms with E-state index in [0.717, 1.165) is 5.69 Å². The molecule has 0 fully saturated rings. The van der Waals surface area contributed by atoms with E-state index >= 15 is 0 Å². The van der Waals surface area contributed by atoms with Gasteiger partial charge in [-0.15, -0.1) is 0 Å². The lowest BCUT2D eigenvalue weighted by molar-refractivity contribution is 0.307. The van der Waals surface area contributed by atoms with E-state index in [2.05, 4.69) is 24.1 Å². The maximum Gasteiger partial charge on any atom is 0.153 e. The van der Waals surface area contributed by atoms with Gasteiger partial charge in [0.15, 0.2) is 5.84 Å². The van der Waals surface area contributed by atoms with Crippen LogP contribution in [0.3, 0.4) is 0 Å². The van der Waals surface area contributed by atoms with Crippen LogP contribution < -0.4 is 5.73 Å². The molecule has 0 unspecified atom stereocenters. The Morgan fingerprint density at radius 1 is 1.69 bits per heavy atom. The number of hydrogen-bond acceptors (Lipinski definition) is 4. The molecule has 6 heteroatoms. The van der Waals surface area contributed by atoms with Gasteiger partial charge in [-0.05, 0) is 27.0 Å². The Morgan fingerprint density at radius 3 is 2.88 bits per heavy atom. The van der Waals surface area contributed by atoms with Crippen LogP contribution in [0, 0.1) is 0 Å². The second-order valence-electron chi connectivity index (χ2n) is 4.14. The number of nitrogens with zero attached hydrogens (tertiary/aromatic N) is 4. The zero-order chi connectivity index (χ0) is 12.1. The Balaban J connectivity index is 2.52. The molecule has 1 heterocycles. The Morgan fingerprint density at radius 2 is 2.38 bits per heavy atom. The lowest BCUT2D eigenvalue weighted by atomic mass is 10.4. The molecule has 0 spiro atoms. The van der Waals surface area contributed by atoms with Crippen LogP contribution in [0.4, 0.5) is 0 Å². The number of oxime groups is 1. The third-order valence-corrected chi connectivity index (χ3v) is 2.18. The molecule has 0 atom stereocenters. The van der Waals surface area contributed by atoms with Gasteiger partial charge >= 0.3 is 0 Å². The summed E-state index contributed by atoms with van der Waals surface area (Å²) in [6.07, 6.45) is 1.96. The highest BCUT2D eigenvalue weighted by Gasteiger charge is 2.06. The number of aromatic nitrogens is 2. The van der Waals surface area contributed by atoms with Crippen molar-refractivity contribution in [3.8, 4) is 0 Å². The van der Waals surface area contributed by atoms with Gasteiger partial charge in [-0.2, -0.15) is 5.10 Å². The van der Waals surface area contributed by atoms with Crippen molar-refractivity contribution < 1.29 is 5.21 Å². The van der Waals surface area contributed by atoms with Gasteiger partial charge in [-0.25, -0.2) is 0 Å². The van der Waals surface area contributed by atoms with E-state index in [1.54, 1.807) is 0 Å². The molecule has 3 N–H and O–H groups in total. The fourth-order valence-electron chi connectivity index (χ4n) is 1.39. The van der Waals surface area contributed by atoms with Gasteiger partial charge in [-0.1, -0.05) is 5.16 Å². The monoisotopic (exact) mass is 225 g/mol. The maximum atomic E-state index is 8.44. The molecule has 0 aliphatic rings. The zero-order valence-electron chi connectivity index (χ0n) is 9.96. The summed E-state index contributed by atoms with van der Waals surface area (Å²) < 4.78 is 1.91. The standard InChI is InChI=1S/C10H19N5O/c1-8(2)15-5-4-9(12-15)6-14(3)7-10(11)13-16/h4-5,8,16H,6-7H2,1-3H3,(H2,11,13). The number of nitrogens with two attached hydrogens (primary N) is 1. The summed E-state index contributed by atoms with van der Waals surface area (Å²) in [7, 11) is 1.90. The van der Waals surface area contributed by atoms with Crippen LogP contribution in [-0.2, 0) is 6.54 Å². The molecule has 0 aliphatic heterocycles. The van der Waals surface area contributed by atoms with Gasteiger partial charge < -0.3 is 10.9 Å². The van der Waals surface area contributed by atoms with E-state index in [0.29, 0.717) is 19.1 Å². The van der Waals surface area contributed by atoms with Crippen LogP contribution in [0.5, 0.6) is 0 Å². The SMILES string of the molecule is CC(C)n1ccc(CN(C)CC(N)=NO)n1. The Hall–Kier alpha value is -1.56. The van der Waals surface area contributed by atoms with Crippen molar-refractivity contribution in [3.63, 3.8) is 0 Å². The first-order chi connectivity index (χ1) is 7.52. The van der Waals surface area contributed by atoms with E-state index in [9.17, 15) is 0 Å². The Bertz CT molecular complexity index is 358. The molecule has 6 nitrogen and oxygen atoms in total. The van der Waals surface area contributed by atoms with E-state index in [-0.39, 0.29) is 5.84 Å². The fourth-order valence-corrected chi connectivity index (χ4v) is 1.39. The van der Waals surface area contributed by atoms with Crippen molar-refractivity contribution in [3.05, 3.63) is 18.0 Å². The summed E-state index contributed by atoms with van der Waals surface area (Å²) in [4.78, 5) is 1.93. The lowest BCUT2D eigenvalue weighted by Crippen LogP contribution is -2.30. The van der Waals surface area contributed by atoms with E-state index in [1.807, 2.05) is 28.9 Å². The summed E-state index contributed by atoms with van der Waals surface area (Å²) in [5, 5.41) is 15.8. The number of hydrogen-bond donors (Lipinski definition) is 2. The summed E-state index contributed by atoms with van der Waals surface area (Å²) in [5.74, 6) is 0.200. The quantitative estimate of drug-likeness (QED) is 0.333. The molecule has 0 aromatic carbocycles. The summed E-state index contributed by atoms with van der Waals surface area (Å²) in [6, 6.07) is 2.34. The topological polar surface area (TPSA) is 79.7 Å². The van der Waals surface area contributed by atoms with Crippen molar-refractivity contribution in [1.82, 2.24) is 14.7 Å². The van der Waals surface area contributed by atoms with Crippen LogP contribution in [0.15, 0.2) is 17.4 Å². The second-order valence-corrected chi connectivity index (χ2v) is 4.14.